The molecule has 4 heteroatoms. The second-order valence-corrected chi connectivity index (χ2v) is 3.04. The number of benzene rings is 1. The summed E-state index contributed by atoms with van der Waals surface area (Å²) >= 11 is 0. The number of methoxy groups -OCH3 is 1. The Morgan fingerprint density at radius 2 is 2.00 bits per heavy atom. The Morgan fingerprint density at radius 1 is 1.25 bits per heavy atom. The molecule has 0 aromatic heterocycles. The summed E-state index contributed by atoms with van der Waals surface area (Å²) in [4.78, 5) is 10.9. The van der Waals surface area contributed by atoms with Gasteiger partial charge in [0.25, 0.3) is 0 Å². The fourth-order valence-electron chi connectivity index (χ4n) is 1.30. The predicted octanol–water partition coefficient (Wildman–Crippen LogP) is 1.92. The van der Waals surface area contributed by atoms with Gasteiger partial charge in [-0.15, -0.1) is 0 Å². The van der Waals surface area contributed by atoms with Crippen molar-refractivity contribution in [2.75, 3.05) is 26.9 Å². The van der Waals surface area contributed by atoms with E-state index in [0.29, 0.717) is 36.9 Å². The van der Waals surface area contributed by atoms with Crippen molar-refractivity contribution in [2.45, 2.75) is 6.92 Å². The summed E-state index contributed by atoms with van der Waals surface area (Å²) in [6.07, 6.45) is 0.731. The molecule has 0 spiro atoms. The van der Waals surface area contributed by atoms with E-state index in [1.165, 1.54) is 7.11 Å². The van der Waals surface area contributed by atoms with E-state index in [-0.39, 0.29) is 0 Å². The normalized spacial score (nSPS) is 9.88. The zero-order valence-corrected chi connectivity index (χ0v) is 9.56. The Morgan fingerprint density at radius 3 is 2.62 bits per heavy atom. The van der Waals surface area contributed by atoms with Gasteiger partial charge in [-0.2, -0.15) is 0 Å². The van der Waals surface area contributed by atoms with Gasteiger partial charge in [-0.25, -0.2) is 0 Å². The Hall–Kier alpha value is -1.55. The first-order valence-electron chi connectivity index (χ1n) is 5.16. The Bertz CT molecular complexity index is 336. The topological polar surface area (TPSA) is 44.8 Å². The van der Waals surface area contributed by atoms with Crippen LogP contribution in [0, 0.1) is 0 Å². The molecule has 0 aliphatic carbocycles. The van der Waals surface area contributed by atoms with Crippen molar-refractivity contribution >= 4 is 6.29 Å². The van der Waals surface area contributed by atoms with E-state index in [4.69, 9.17) is 14.2 Å². The summed E-state index contributed by atoms with van der Waals surface area (Å²) < 4.78 is 15.6. The van der Waals surface area contributed by atoms with E-state index in [2.05, 4.69) is 0 Å². The first kappa shape index (κ1) is 12.5. The van der Waals surface area contributed by atoms with Crippen LogP contribution in [-0.2, 0) is 4.74 Å². The van der Waals surface area contributed by atoms with E-state index in [0.717, 1.165) is 6.29 Å². The maximum atomic E-state index is 10.9. The summed E-state index contributed by atoms with van der Waals surface area (Å²) in [6.45, 7) is 3.50. The molecular formula is C12H16O4. The summed E-state index contributed by atoms with van der Waals surface area (Å²) in [7, 11) is 1.52. The molecule has 0 amide bonds. The van der Waals surface area contributed by atoms with E-state index < -0.39 is 0 Å². The predicted molar refractivity (Wildman–Crippen MR) is 60.4 cm³/mol. The maximum absolute atomic E-state index is 10.9. The van der Waals surface area contributed by atoms with Gasteiger partial charge in [-0.3, -0.25) is 4.79 Å². The molecule has 88 valence electrons. The molecule has 0 heterocycles. The van der Waals surface area contributed by atoms with Crippen molar-refractivity contribution < 1.29 is 19.0 Å². The lowest BCUT2D eigenvalue weighted by Gasteiger charge is -2.10. The van der Waals surface area contributed by atoms with Crippen molar-refractivity contribution in [3.8, 4) is 11.5 Å². The number of hydrogen-bond acceptors (Lipinski definition) is 4. The zero-order valence-electron chi connectivity index (χ0n) is 9.56. The second-order valence-electron chi connectivity index (χ2n) is 3.04. The van der Waals surface area contributed by atoms with Crippen molar-refractivity contribution in [1.29, 1.82) is 0 Å². The quantitative estimate of drug-likeness (QED) is 0.524. The van der Waals surface area contributed by atoms with Crippen molar-refractivity contribution in [3.63, 3.8) is 0 Å². The SMILES string of the molecule is CCOCCOc1cccc(OC)c1C=O. The molecular weight excluding hydrogens is 208 g/mol. The van der Waals surface area contributed by atoms with Gasteiger partial charge < -0.3 is 14.2 Å². The van der Waals surface area contributed by atoms with Gasteiger partial charge in [0, 0.05) is 6.61 Å². The van der Waals surface area contributed by atoms with E-state index in [9.17, 15) is 4.79 Å². The lowest BCUT2D eigenvalue weighted by Crippen LogP contribution is -2.07. The van der Waals surface area contributed by atoms with Crippen LogP contribution in [0.15, 0.2) is 18.2 Å². The number of ether oxygens (including phenoxy) is 3. The fourth-order valence-corrected chi connectivity index (χ4v) is 1.30. The molecule has 0 radical (unpaired) electrons. The van der Waals surface area contributed by atoms with Crippen LogP contribution in [0.2, 0.25) is 0 Å². The third-order valence-corrected chi connectivity index (χ3v) is 2.05. The van der Waals surface area contributed by atoms with Crippen LogP contribution in [0.25, 0.3) is 0 Å². The Labute approximate surface area is 95.1 Å². The zero-order chi connectivity index (χ0) is 11.8. The molecule has 0 fully saturated rings. The van der Waals surface area contributed by atoms with Crippen LogP contribution < -0.4 is 9.47 Å². The lowest BCUT2D eigenvalue weighted by molar-refractivity contribution is 0.106. The maximum Gasteiger partial charge on any atom is 0.157 e. The van der Waals surface area contributed by atoms with Gasteiger partial charge in [0.2, 0.25) is 0 Å². The highest BCUT2D eigenvalue weighted by atomic mass is 16.5. The molecule has 0 atom stereocenters. The lowest BCUT2D eigenvalue weighted by atomic mass is 10.2. The van der Waals surface area contributed by atoms with Gasteiger partial charge >= 0.3 is 0 Å². The van der Waals surface area contributed by atoms with Crippen LogP contribution in [0.5, 0.6) is 11.5 Å². The molecule has 0 aliphatic heterocycles. The molecule has 1 rings (SSSR count). The largest absolute Gasteiger partial charge is 0.496 e. The molecule has 0 unspecified atom stereocenters. The molecule has 1 aromatic carbocycles. The monoisotopic (exact) mass is 224 g/mol. The van der Waals surface area contributed by atoms with Gasteiger partial charge in [-0.1, -0.05) is 6.07 Å². The standard InChI is InChI=1S/C12H16O4/c1-3-15-7-8-16-12-6-4-5-11(14-2)10(12)9-13/h4-6,9H,3,7-8H2,1-2H3. The van der Waals surface area contributed by atoms with Gasteiger partial charge in [0.05, 0.1) is 19.3 Å². The smallest absolute Gasteiger partial charge is 0.157 e. The second kappa shape index (κ2) is 6.85. The fraction of sp³-hybridized carbons (Fsp3) is 0.417. The molecule has 0 N–H and O–H groups in total. The number of rotatable bonds is 7. The van der Waals surface area contributed by atoms with Crippen molar-refractivity contribution in [1.82, 2.24) is 0 Å². The highest BCUT2D eigenvalue weighted by Crippen LogP contribution is 2.26. The minimum Gasteiger partial charge on any atom is -0.496 e. The first-order chi connectivity index (χ1) is 7.83. The number of hydrogen-bond donors (Lipinski definition) is 0. The summed E-state index contributed by atoms with van der Waals surface area (Å²) in [5.74, 6) is 1.04. The van der Waals surface area contributed by atoms with E-state index in [1.54, 1.807) is 18.2 Å². The molecule has 1 aromatic rings. The Balaban J connectivity index is 2.67. The van der Waals surface area contributed by atoms with Crippen molar-refractivity contribution in [2.24, 2.45) is 0 Å². The molecule has 0 saturated carbocycles. The summed E-state index contributed by atoms with van der Waals surface area (Å²) in [6, 6.07) is 5.24. The van der Waals surface area contributed by atoms with Crippen LogP contribution in [0.3, 0.4) is 0 Å². The van der Waals surface area contributed by atoms with Gasteiger partial charge in [0.15, 0.2) is 6.29 Å². The molecule has 0 saturated heterocycles. The average molecular weight is 224 g/mol. The van der Waals surface area contributed by atoms with E-state index in [1.807, 2.05) is 6.92 Å². The van der Waals surface area contributed by atoms with Gasteiger partial charge in [-0.05, 0) is 19.1 Å². The molecule has 0 aliphatic rings. The van der Waals surface area contributed by atoms with Crippen LogP contribution in [-0.4, -0.2) is 33.2 Å². The highest BCUT2D eigenvalue weighted by Gasteiger charge is 2.08. The minimum atomic E-state index is 0.418. The summed E-state index contributed by atoms with van der Waals surface area (Å²) in [5, 5.41) is 0. The Kier molecular flexibility index (Phi) is 5.36. The van der Waals surface area contributed by atoms with E-state index >= 15 is 0 Å². The summed E-state index contributed by atoms with van der Waals surface area (Å²) in [5.41, 5.74) is 0.432. The number of aldehydes is 1. The minimum absolute atomic E-state index is 0.418. The third-order valence-electron chi connectivity index (χ3n) is 2.05. The first-order valence-corrected chi connectivity index (χ1v) is 5.16. The van der Waals surface area contributed by atoms with Crippen LogP contribution in [0.1, 0.15) is 17.3 Å². The van der Waals surface area contributed by atoms with Crippen molar-refractivity contribution in [3.05, 3.63) is 23.8 Å². The molecule has 0 bridgehead atoms. The van der Waals surface area contributed by atoms with Crippen LogP contribution >= 0.6 is 0 Å². The molecule has 4 nitrogen and oxygen atoms in total. The highest BCUT2D eigenvalue weighted by molar-refractivity contribution is 5.83. The van der Waals surface area contributed by atoms with Gasteiger partial charge in [0.1, 0.15) is 18.1 Å². The molecule has 16 heavy (non-hydrogen) atoms. The number of carbonyl (C=O) groups is 1. The average Bonchev–Trinajstić information content (AvgIpc) is 2.34. The van der Waals surface area contributed by atoms with Crippen LogP contribution in [0.4, 0.5) is 0 Å². The number of carbonyl (C=O) groups excluding carboxylic acids is 1. The third kappa shape index (κ3) is 3.24.